The monoisotopic (exact) mass is 308 g/mol. The Kier molecular flexibility index (Phi) is 3.95. The first-order chi connectivity index (χ1) is 11.0. The summed E-state index contributed by atoms with van der Waals surface area (Å²) in [5.74, 6) is 0.478. The number of benzene rings is 2. The van der Waals surface area contributed by atoms with E-state index < -0.39 is 5.60 Å². The van der Waals surface area contributed by atoms with E-state index in [1.807, 2.05) is 74.5 Å². The van der Waals surface area contributed by atoms with Crippen LogP contribution in [-0.2, 0) is 15.1 Å². The maximum Gasteiger partial charge on any atom is 0.335 e. The van der Waals surface area contributed by atoms with Crippen molar-refractivity contribution < 1.29 is 14.3 Å². The van der Waals surface area contributed by atoms with Gasteiger partial charge in [0.2, 0.25) is 0 Å². The molecule has 0 N–H and O–H groups in total. The van der Waals surface area contributed by atoms with Gasteiger partial charge >= 0.3 is 5.97 Å². The molecule has 0 fully saturated rings. The predicted octanol–water partition coefficient (Wildman–Crippen LogP) is 4.22. The molecule has 2 aromatic rings. The highest BCUT2D eigenvalue weighted by molar-refractivity contribution is 5.91. The Balaban J connectivity index is 2.13. The lowest BCUT2D eigenvalue weighted by molar-refractivity contribution is -0.144. The first kappa shape index (κ1) is 15.3. The molecule has 3 nitrogen and oxygen atoms in total. The fourth-order valence-corrected chi connectivity index (χ4v) is 2.83. The molecule has 23 heavy (non-hydrogen) atoms. The molecule has 0 unspecified atom stereocenters. The first-order valence-electron chi connectivity index (χ1n) is 7.77. The number of carbonyl (C=O) groups excluding carboxylic acids is 1. The zero-order valence-corrected chi connectivity index (χ0v) is 13.6. The minimum absolute atomic E-state index is 0.0846. The molecule has 118 valence electrons. The number of cyclic esters (lactones) is 1. The van der Waals surface area contributed by atoms with E-state index in [0.717, 1.165) is 16.9 Å². The van der Waals surface area contributed by atoms with E-state index >= 15 is 0 Å². The van der Waals surface area contributed by atoms with Gasteiger partial charge in [-0.2, -0.15) is 0 Å². The highest BCUT2D eigenvalue weighted by atomic mass is 16.6. The predicted molar refractivity (Wildman–Crippen MR) is 89.3 cm³/mol. The number of carbonyl (C=O) groups is 1. The number of ether oxygens (including phenoxy) is 2. The zero-order chi connectivity index (χ0) is 16.4. The van der Waals surface area contributed by atoms with Gasteiger partial charge in [-0.3, -0.25) is 0 Å². The van der Waals surface area contributed by atoms with Crippen molar-refractivity contribution in [3.05, 3.63) is 77.4 Å². The lowest BCUT2D eigenvalue weighted by Crippen LogP contribution is -2.27. The average molecular weight is 308 g/mol. The smallest absolute Gasteiger partial charge is 0.335 e. The largest absolute Gasteiger partial charge is 0.491 e. The number of hydrogen-bond donors (Lipinski definition) is 0. The fraction of sp³-hybridized carbons (Fsp3) is 0.250. The maximum absolute atomic E-state index is 12.1. The quantitative estimate of drug-likeness (QED) is 0.793. The van der Waals surface area contributed by atoms with E-state index in [9.17, 15) is 4.79 Å². The van der Waals surface area contributed by atoms with Crippen LogP contribution in [0.1, 0.15) is 31.9 Å². The molecule has 0 spiro atoms. The van der Waals surface area contributed by atoms with Crippen LogP contribution < -0.4 is 4.74 Å². The van der Waals surface area contributed by atoms with E-state index in [0.29, 0.717) is 5.57 Å². The van der Waals surface area contributed by atoms with E-state index in [2.05, 4.69) is 0 Å². The van der Waals surface area contributed by atoms with E-state index in [1.165, 1.54) is 0 Å². The summed E-state index contributed by atoms with van der Waals surface area (Å²) in [4.78, 5) is 12.1. The summed E-state index contributed by atoms with van der Waals surface area (Å²) >= 11 is 0. The average Bonchev–Trinajstić information content (AvgIpc) is 2.84. The highest BCUT2D eigenvalue weighted by Gasteiger charge is 2.42. The van der Waals surface area contributed by atoms with Crippen molar-refractivity contribution in [2.75, 3.05) is 0 Å². The summed E-state index contributed by atoms with van der Waals surface area (Å²) in [6.07, 6.45) is 1.97. The first-order valence-corrected chi connectivity index (χ1v) is 7.77. The highest BCUT2D eigenvalue weighted by Crippen LogP contribution is 2.41. The summed E-state index contributed by atoms with van der Waals surface area (Å²) in [5.41, 5.74) is 1.53. The Labute approximate surface area is 136 Å². The third-order valence-corrected chi connectivity index (χ3v) is 3.83. The van der Waals surface area contributed by atoms with Crippen molar-refractivity contribution in [3.8, 4) is 5.75 Å². The van der Waals surface area contributed by atoms with Crippen LogP contribution in [0.25, 0.3) is 0 Å². The molecule has 0 aliphatic carbocycles. The molecule has 1 atom stereocenters. The lowest BCUT2D eigenvalue weighted by Gasteiger charge is -2.28. The molecule has 0 amide bonds. The Bertz CT molecular complexity index is 746. The van der Waals surface area contributed by atoms with Gasteiger partial charge in [0.1, 0.15) is 5.75 Å². The van der Waals surface area contributed by atoms with Gasteiger partial charge in [0.25, 0.3) is 0 Å². The maximum atomic E-state index is 12.1. The van der Waals surface area contributed by atoms with Crippen molar-refractivity contribution in [3.63, 3.8) is 0 Å². The molecule has 0 saturated carbocycles. The molecular weight excluding hydrogens is 288 g/mol. The van der Waals surface area contributed by atoms with Crippen LogP contribution in [0.15, 0.2) is 66.2 Å². The molecule has 1 aliphatic heterocycles. The SMILES string of the molecule is CC1=C[C@@](c2ccccc2)(c2cccc(OC(C)C)c2)OC1=O. The zero-order valence-electron chi connectivity index (χ0n) is 13.6. The van der Waals surface area contributed by atoms with Crippen molar-refractivity contribution in [2.24, 2.45) is 0 Å². The molecule has 1 heterocycles. The Morgan fingerprint density at radius 1 is 1.00 bits per heavy atom. The van der Waals surface area contributed by atoms with Gasteiger partial charge < -0.3 is 9.47 Å². The molecule has 1 aliphatic rings. The van der Waals surface area contributed by atoms with Crippen molar-refractivity contribution in [1.82, 2.24) is 0 Å². The number of rotatable bonds is 4. The van der Waals surface area contributed by atoms with E-state index in [-0.39, 0.29) is 12.1 Å². The van der Waals surface area contributed by atoms with Gasteiger partial charge in [-0.25, -0.2) is 4.79 Å². The van der Waals surface area contributed by atoms with Crippen LogP contribution in [0.5, 0.6) is 5.75 Å². The van der Waals surface area contributed by atoms with Gasteiger partial charge in [0.05, 0.1) is 6.10 Å². The number of esters is 1. The Morgan fingerprint density at radius 2 is 1.70 bits per heavy atom. The second kappa shape index (κ2) is 5.92. The Morgan fingerprint density at radius 3 is 2.30 bits per heavy atom. The van der Waals surface area contributed by atoms with Crippen LogP contribution >= 0.6 is 0 Å². The lowest BCUT2D eigenvalue weighted by atomic mass is 9.86. The summed E-state index contributed by atoms with van der Waals surface area (Å²) in [6.45, 7) is 5.75. The molecule has 3 rings (SSSR count). The van der Waals surface area contributed by atoms with Crippen molar-refractivity contribution in [1.29, 1.82) is 0 Å². The molecule has 0 radical (unpaired) electrons. The molecule has 2 aromatic carbocycles. The van der Waals surface area contributed by atoms with Crippen molar-refractivity contribution in [2.45, 2.75) is 32.5 Å². The van der Waals surface area contributed by atoms with Crippen LogP contribution in [0.2, 0.25) is 0 Å². The second-order valence-electron chi connectivity index (χ2n) is 6.01. The van der Waals surface area contributed by atoms with Gasteiger partial charge in [-0.1, -0.05) is 42.5 Å². The van der Waals surface area contributed by atoms with Gasteiger partial charge in [-0.15, -0.1) is 0 Å². The van der Waals surface area contributed by atoms with Crippen LogP contribution in [-0.4, -0.2) is 12.1 Å². The van der Waals surface area contributed by atoms with Crippen LogP contribution in [0.3, 0.4) is 0 Å². The standard InChI is InChI=1S/C20H20O3/c1-14(2)22-18-11-7-10-17(12-18)20(13-15(3)19(21)23-20)16-8-5-4-6-9-16/h4-14H,1-3H3/t20-/m1/s1. The summed E-state index contributed by atoms with van der Waals surface area (Å²) in [6, 6.07) is 17.5. The topological polar surface area (TPSA) is 35.5 Å². The molecule has 3 heteroatoms. The summed E-state index contributed by atoms with van der Waals surface area (Å²) < 4.78 is 11.6. The number of hydrogen-bond acceptors (Lipinski definition) is 3. The van der Waals surface area contributed by atoms with Gasteiger partial charge in [0, 0.05) is 16.7 Å². The van der Waals surface area contributed by atoms with E-state index in [1.54, 1.807) is 6.92 Å². The van der Waals surface area contributed by atoms with Gasteiger partial charge in [0.15, 0.2) is 5.60 Å². The van der Waals surface area contributed by atoms with Gasteiger partial charge in [-0.05, 0) is 39.0 Å². The minimum Gasteiger partial charge on any atom is -0.491 e. The Hall–Kier alpha value is -2.55. The third-order valence-electron chi connectivity index (χ3n) is 3.83. The third kappa shape index (κ3) is 2.87. The summed E-state index contributed by atoms with van der Waals surface area (Å²) in [5, 5.41) is 0. The normalized spacial score (nSPS) is 20.3. The molecule has 0 saturated heterocycles. The van der Waals surface area contributed by atoms with E-state index in [4.69, 9.17) is 9.47 Å². The van der Waals surface area contributed by atoms with Crippen LogP contribution in [0, 0.1) is 0 Å². The van der Waals surface area contributed by atoms with Crippen molar-refractivity contribution >= 4 is 5.97 Å². The minimum atomic E-state index is -0.890. The molecule has 0 aromatic heterocycles. The molecular formula is C20H20O3. The molecule has 0 bridgehead atoms. The fourth-order valence-electron chi connectivity index (χ4n) is 2.83. The van der Waals surface area contributed by atoms with Crippen LogP contribution in [0.4, 0.5) is 0 Å². The summed E-state index contributed by atoms with van der Waals surface area (Å²) in [7, 11) is 0. The second-order valence-corrected chi connectivity index (χ2v) is 6.01.